The van der Waals surface area contributed by atoms with E-state index in [1.807, 2.05) is 20.8 Å². The number of piperidine rings is 1. The summed E-state index contributed by atoms with van der Waals surface area (Å²) in [6.45, 7) is 8.84. The summed E-state index contributed by atoms with van der Waals surface area (Å²) in [5.74, 6) is 1.42. The molecule has 0 bridgehead atoms. The minimum Gasteiger partial charge on any atom is -0.367 e. The standard InChI is InChI=1S/C12H15N2O.C2H6.Y/c1-9-5-6-14(12(15)7-9)11-4-3-10(2)8-13-11;1-2;/h4,8-9H,5-7H2,1-2H3;1-2H3;/q-1;;. The van der Waals surface area contributed by atoms with Gasteiger partial charge in [0.05, 0.1) is 0 Å². The fourth-order valence-corrected chi connectivity index (χ4v) is 1.79. The molecule has 1 unspecified atom stereocenters. The van der Waals surface area contributed by atoms with Crippen molar-refractivity contribution >= 4 is 11.7 Å². The second-order valence-electron chi connectivity index (χ2n) is 4.23. The Hall–Kier alpha value is -0.276. The molecule has 1 amide bonds. The first-order chi connectivity index (χ1) is 8.16. The fraction of sp³-hybridized carbons (Fsp3) is 0.571. The van der Waals surface area contributed by atoms with Gasteiger partial charge in [0.25, 0.3) is 0 Å². The molecule has 0 aromatic carbocycles. The summed E-state index contributed by atoms with van der Waals surface area (Å²) in [7, 11) is 0. The van der Waals surface area contributed by atoms with Crippen LogP contribution in [0.2, 0.25) is 0 Å². The molecular formula is C14H21N2OY-. The van der Waals surface area contributed by atoms with Gasteiger partial charge in [-0.1, -0.05) is 33.9 Å². The Kier molecular flexibility index (Phi) is 8.63. The number of hydrogen-bond acceptors (Lipinski definition) is 2. The molecule has 0 saturated carbocycles. The van der Waals surface area contributed by atoms with Crippen LogP contribution in [0.3, 0.4) is 0 Å². The van der Waals surface area contributed by atoms with Crippen molar-refractivity contribution in [3.8, 4) is 0 Å². The fourth-order valence-electron chi connectivity index (χ4n) is 1.79. The monoisotopic (exact) mass is 322 g/mol. The predicted octanol–water partition coefficient (Wildman–Crippen LogP) is 2.98. The number of aryl methyl sites for hydroxylation is 1. The van der Waals surface area contributed by atoms with Crippen molar-refractivity contribution in [2.75, 3.05) is 11.4 Å². The van der Waals surface area contributed by atoms with Crippen molar-refractivity contribution in [2.24, 2.45) is 5.92 Å². The number of carbonyl (C=O) groups is 1. The maximum atomic E-state index is 11.8. The number of aromatic nitrogens is 1. The van der Waals surface area contributed by atoms with Crippen LogP contribution in [0.25, 0.3) is 0 Å². The summed E-state index contributed by atoms with van der Waals surface area (Å²) in [5, 5.41) is 0. The topological polar surface area (TPSA) is 33.2 Å². The second-order valence-corrected chi connectivity index (χ2v) is 4.23. The molecule has 1 aliphatic heterocycles. The number of nitrogens with zero attached hydrogens (tertiary/aromatic N) is 2. The van der Waals surface area contributed by atoms with Crippen LogP contribution in [0.1, 0.15) is 39.2 Å². The molecule has 0 aliphatic carbocycles. The zero-order valence-electron chi connectivity index (χ0n) is 11.7. The maximum Gasteiger partial charge on any atom is 0.217 e. The summed E-state index contributed by atoms with van der Waals surface area (Å²) in [4.78, 5) is 17.8. The third-order valence-corrected chi connectivity index (χ3v) is 2.77. The van der Waals surface area contributed by atoms with Gasteiger partial charge in [0, 0.05) is 51.5 Å². The van der Waals surface area contributed by atoms with E-state index in [2.05, 4.69) is 18.0 Å². The largest absolute Gasteiger partial charge is 0.367 e. The molecule has 1 aliphatic rings. The summed E-state index contributed by atoms with van der Waals surface area (Å²) < 4.78 is 0. The van der Waals surface area contributed by atoms with Gasteiger partial charge >= 0.3 is 0 Å². The van der Waals surface area contributed by atoms with Crippen molar-refractivity contribution < 1.29 is 37.5 Å². The van der Waals surface area contributed by atoms with Gasteiger partial charge < -0.3 is 9.88 Å². The molecule has 1 atom stereocenters. The zero-order chi connectivity index (χ0) is 12.8. The molecule has 2 heterocycles. The Labute approximate surface area is 135 Å². The number of carbonyl (C=O) groups excluding carboxylic acids is 1. The van der Waals surface area contributed by atoms with Crippen LogP contribution in [0.4, 0.5) is 5.82 Å². The Morgan fingerprint density at radius 2 is 2.11 bits per heavy atom. The Morgan fingerprint density at radius 1 is 1.44 bits per heavy atom. The Bertz CT molecular complexity index is 365. The SMILES string of the molecule is CC.Cc1[c-]cc(N2CCC(C)CC2=O)nc1.[Y]. The summed E-state index contributed by atoms with van der Waals surface area (Å²) >= 11 is 0. The van der Waals surface area contributed by atoms with Gasteiger partial charge in [-0.15, -0.1) is 11.6 Å². The van der Waals surface area contributed by atoms with E-state index in [1.165, 1.54) is 0 Å². The number of anilines is 1. The van der Waals surface area contributed by atoms with E-state index >= 15 is 0 Å². The second kappa shape index (κ2) is 8.76. The van der Waals surface area contributed by atoms with Crippen molar-refractivity contribution in [1.29, 1.82) is 0 Å². The van der Waals surface area contributed by atoms with E-state index in [0.29, 0.717) is 12.3 Å². The van der Waals surface area contributed by atoms with E-state index in [0.717, 1.165) is 24.3 Å². The van der Waals surface area contributed by atoms with Crippen LogP contribution in [0, 0.1) is 18.9 Å². The maximum absolute atomic E-state index is 11.8. The molecule has 1 fully saturated rings. The normalized spacial score (nSPS) is 18.6. The molecule has 0 spiro atoms. The van der Waals surface area contributed by atoms with Crippen LogP contribution in [0.15, 0.2) is 12.3 Å². The predicted molar refractivity (Wildman–Crippen MR) is 69.9 cm³/mol. The molecule has 18 heavy (non-hydrogen) atoms. The van der Waals surface area contributed by atoms with Crippen LogP contribution >= 0.6 is 0 Å². The Morgan fingerprint density at radius 3 is 2.61 bits per heavy atom. The van der Waals surface area contributed by atoms with Gasteiger partial charge in [-0.3, -0.25) is 4.79 Å². The average molecular weight is 322 g/mol. The van der Waals surface area contributed by atoms with Gasteiger partial charge in [0.15, 0.2) is 0 Å². The summed E-state index contributed by atoms with van der Waals surface area (Å²) in [6, 6.07) is 4.87. The van der Waals surface area contributed by atoms with Crippen molar-refractivity contribution in [3.63, 3.8) is 0 Å². The van der Waals surface area contributed by atoms with E-state index in [9.17, 15) is 4.79 Å². The Balaban J connectivity index is 0.000000917. The van der Waals surface area contributed by atoms with Gasteiger partial charge in [0.2, 0.25) is 5.91 Å². The first-order valence-corrected chi connectivity index (χ1v) is 6.31. The third kappa shape index (κ3) is 4.77. The summed E-state index contributed by atoms with van der Waals surface area (Å²) in [5.41, 5.74) is 0.997. The van der Waals surface area contributed by atoms with Crippen LogP contribution in [-0.2, 0) is 37.5 Å². The molecule has 2 rings (SSSR count). The van der Waals surface area contributed by atoms with E-state index in [4.69, 9.17) is 0 Å². The van der Waals surface area contributed by atoms with Gasteiger partial charge in [-0.25, -0.2) is 0 Å². The summed E-state index contributed by atoms with van der Waals surface area (Å²) in [6.07, 6.45) is 3.44. The van der Waals surface area contributed by atoms with E-state index in [-0.39, 0.29) is 38.6 Å². The molecule has 3 nitrogen and oxygen atoms in total. The number of rotatable bonds is 1. The van der Waals surface area contributed by atoms with Crippen LogP contribution < -0.4 is 4.90 Å². The van der Waals surface area contributed by atoms with Crippen LogP contribution in [-0.4, -0.2) is 17.4 Å². The van der Waals surface area contributed by atoms with Gasteiger partial charge in [-0.2, -0.15) is 6.07 Å². The third-order valence-electron chi connectivity index (χ3n) is 2.77. The minimum absolute atomic E-state index is 0. The molecule has 1 radical (unpaired) electrons. The van der Waals surface area contributed by atoms with E-state index in [1.54, 1.807) is 17.2 Å². The molecule has 1 aromatic heterocycles. The molecule has 1 saturated heterocycles. The molecule has 0 N–H and O–H groups in total. The molecule has 4 heteroatoms. The smallest absolute Gasteiger partial charge is 0.217 e. The number of amides is 1. The zero-order valence-corrected chi connectivity index (χ0v) is 14.6. The average Bonchev–Trinajstić information content (AvgIpc) is 2.33. The number of pyridine rings is 1. The van der Waals surface area contributed by atoms with Crippen LogP contribution in [0.5, 0.6) is 0 Å². The quantitative estimate of drug-likeness (QED) is 0.745. The molecule has 1 aromatic rings. The number of hydrogen-bond donors (Lipinski definition) is 0. The van der Waals surface area contributed by atoms with E-state index < -0.39 is 0 Å². The first kappa shape index (κ1) is 17.7. The minimum atomic E-state index is 0. The van der Waals surface area contributed by atoms with Gasteiger partial charge in [-0.05, 0) is 12.3 Å². The van der Waals surface area contributed by atoms with Crippen molar-refractivity contribution in [3.05, 3.63) is 23.9 Å². The van der Waals surface area contributed by atoms with Gasteiger partial charge in [0.1, 0.15) is 0 Å². The van der Waals surface area contributed by atoms with Crippen molar-refractivity contribution in [1.82, 2.24) is 4.98 Å². The molecular weight excluding hydrogens is 301 g/mol. The first-order valence-electron chi connectivity index (χ1n) is 6.31. The van der Waals surface area contributed by atoms with Crippen molar-refractivity contribution in [2.45, 2.75) is 40.5 Å². The molecule has 97 valence electrons.